The molecule has 1 aromatic heterocycles. The van der Waals surface area contributed by atoms with E-state index >= 15 is 0 Å². The largest absolute Gasteiger partial charge is 0.464 e. The molecule has 0 radical (unpaired) electrons. The van der Waals surface area contributed by atoms with Crippen molar-refractivity contribution < 1.29 is 9.53 Å². The zero-order valence-electron chi connectivity index (χ0n) is 8.43. The number of carbonyl (C=O) groups excluding carboxylic acids is 1. The topological polar surface area (TPSA) is 44.1 Å². The van der Waals surface area contributed by atoms with Gasteiger partial charge in [0.15, 0.2) is 6.04 Å². The van der Waals surface area contributed by atoms with Crippen LogP contribution in [0.4, 0.5) is 0 Å². The molecule has 1 unspecified atom stereocenters. The van der Waals surface area contributed by atoms with E-state index in [1.54, 1.807) is 4.68 Å². The Hall–Kier alpha value is -1.32. The molecule has 1 aliphatic rings. The van der Waals surface area contributed by atoms with Gasteiger partial charge in [0.25, 0.3) is 0 Å². The molecule has 2 heterocycles. The van der Waals surface area contributed by atoms with Crippen LogP contribution in [0.25, 0.3) is 0 Å². The van der Waals surface area contributed by atoms with E-state index in [0.717, 1.165) is 12.1 Å². The first-order valence-electron chi connectivity index (χ1n) is 4.90. The highest BCUT2D eigenvalue weighted by molar-refractivity contribution is 5.75. The third-order valence-electron chi connectivity index (χ3n) is 2.45. The van der Waals surface area contributed by atoms with Crippen LogP contribution >= 0.6 is 0 Å². The lowest BCUT2D eigenvalue weighted by Gasteiger charge is -2.05. The second kappa shape index (κ2) is 3.44. The summed E-state index contributed by atoms with van der Waals surface area (Å²) in [6.07, 6.45) is 2.59. The average molecular weight is 194 g/mol. The molecule has 0 aromatic carbocycles. The summed E-state index contributed by atoms with van der Waals surface area (Å²) in [5.74, 6) is 0.233. The third-order valence-corrected chi connectivity index (χ3v) is 2.45. The van der Waals surface area contributed by atoms with E-state index in [1.807, 2.05) is 12.3 Å². The number of cyclic esters (lactones) is 1. The van der Waals surface area contributed by atoms with Crippen molar-refractivity contribution in [1.29, 1.82) is 0 Å². The molecule has 0 aliphatic carbocycles. The Morgan fingerprint density at radius 2 is 2.43 bits per heavy atom. The van der Waals surface area contributed by atoms with Crippen LogP contribution in [0.1, 0.15) is 37.9 Å². The van der Waals surface area contributed by atoms with Gasteiger partial charge in [-0.3, -0.25) is 4.68 Å². The summed E-state index contributed by atoms with van der Waals surface area (Å²) in [6, 6.07) is 1.75. The van der Waals surface area contributed by atoms with E-state index in [2.05, 4.69) is 18.9 Å². The number of rotatable bonds is 2. The quantitative estimate of drug-likeness (QED) is 0.670. The van der Waals surface area contributed by atoms with E-state index in [1.165, 1.54) is 0 Å². The Morgan fingerprint density at radius 3 is 2.93 bits per heavy atom. The second-order valence-corrected chi connectivity index (χ2v) is 3.85. The summed E-state index contributed by atoms with van der Waals surface area (Å²) < 4.78 is 6.60. The fraction of sp³-hybridized carbons (Fsp3) is 0.600. The lowest BCUT2D eigenvalue weighted by molar-refractivity contribution is -0.140. The average Bonchev–Trinajstić information content (AvgIpc) is 2.71. The molecule has 1 saturated heterocycles. The van der Waals surface area contributed by atoms with Crippen molar-refractivity contribution in [2.45, 2.75) is 32.2 Å². The standard InChI is InChI=1S/C10H14N2O2/c1-7(2)8-3-5-12(11-8)9-4-6-14-10(9)13/h3,5,7,9H,4,6H2,1-2H3. The van der Waals surface area contributed by atoms with Crippen molar-refractivity contribution in [2.75, 3.05) is 6.61 Å². The Kier molecular flexibility index (Phi) is 2.27. The Bertz CT molecular complexity index is 344. The molecule has 2 rings (SSSR count). The predicted molar refractivity (Wildman–Crippen MR) is 50.9 cm³/mol. The lowest BCUT2D eigenvalue weighted by atomic mass is 10.1. The minimum absolute atomic E-state index is 0.164. The molecule has 0 saturated carbocycles. The van der Waals surface area contributed by atoms with E-state index < -0.39 is 0 Å². The second-order valence-electron chi connectivity index (χ2n) is 3.85. The highest BCUT2D eigenvalue weighted by atomic mass is 16.5. The van der Waals surface area contributed by atoms with Gasteiger partial charge in [0.1, 0.15) is 0 Å². The van der Waals surface area contributed by atoms with Crippen molar-refractivity contribution in [3.63, 3.8) is 0 Å². The van der Waals surface area contributed by atoms with Crippen molar-refractivity contribution in [3.8, 4) is 0 Å². The van der Waals surface area contributed by atoms with Crippen LogP contribution in [0.3, 0.4) is 0 Å². The van der Waals surface area contributed by atoms with Gasteiger partial charge in [-0.2, -0.15) is 5.10 Å². The fourth-order valence-corrected chi connectivity index (χ4v) is 1.56. The van der Waals surface area contributed by atoms with Gasteiger partial charge in [-0.15, -0.1) is 0 Å². The first-order valence-corrected chi connectivity index (χ1v) is 4.90. The zero-order chi connectivity index (χ0) is 10.1. The summed E-state index contributed by atoms with van der Waals surface area (Å²) in [6.45, 7) is 4.68. The van der Waals surface area contributed by atoms with Crippen molar-refractivity contribution in [3.05, 3.63) is 18.0 Å². The number of carbonyl (C=O) groups is 1. The van der Waals surface area contributed by atoms with Gasteiger partial charge in [0, 0.05) is 12.6 Å². The number of nitrogens with zero attached hydrogens (tertiary/aromatic N) is 2. The number of esters is 1. The molecule has 4 nitrogen and oxygen atoms in total. The van der Waals surface area contributed by atoms with Crippen LogP contribution in [0.15, 0.2) is 12.3 Å². The first kappa shape index (κ1) is 9.24. The molecule has 1 aromatic rings. The molecule has 0 bridgehead atoms. The highest BCUT2D eigenvalue weighted by Crippen LogP contribution is 2.21. The van der Waals surface area contributed by atoms with Crippen molar-refractivity contribution >= 4 is 5.97 Å². The predicted octanol–water partition coefficient (Wildman–Crippen LogP) is 1.49. The fourth-order valence-electron chi connectivity index (χ4n) is 1.56. The molecule has 1 aliphatic heterocycles. The van der Waals surface area contributed by atoms with Crippen LogP contribution in [0.5, 0.6) is 0 Å². The summed E-state index contributed by atoms with van der Waals surface area (Å²) >= 11 is 0. The van der Waals surface area contributed by atoms with Crippen LogP contribution in [-0.2, 0) is 9.53 Å². The molecule has 76 valence electrons. The smallest absolute Gasteiger partial charge is 0.331 e. The number of ether oxygens (including phenoxy) is 1. The van der Waals surface area contributed by atoms with Gasteiger partial charge in [-0.1, -0.05) is 13.8 Å². The summed E-state index contributed by atoms with van der Waals surface area (Å²) in [4.78, 5) is 11.3. The normalized spacial score (nSPS) is 21.6. The van der Waals surface area contributed by atoms with Crippen molar-refractivity contribution in [2.24, 2.45) is 0 Å². The highest BCUT2D eigenvalue weighted by Gasteiger charge is 2.28. The molecule has 0 amide bonds. The van der Waals surface area contributed by atoms with Crippen LogP contribution in [-0.4, -0.2) is 22.4 Å². The van der Waals surface area contributed by atoms with E-state index in [4.69, 9.17) is 4.74 Å². The van der Waals surface area contributed by atoms with Crippen molar-refractivity contribution in [1.82, 2.24) is 9.78 Å². The molecule has 14 heavy (non-hydrogen) atoms. The number of aromatic nitrogens is 2. The molecule has 1 atom stereocenters. The van der Waals surface area contributed by atoms with Crippen LogP contribution < -0.4 is 0 Å². The van der Waals surface area contributed by atoms with Crippen LogP contribution in [0, 0.1) is 0 Å². The van der Waals surface area contributed by atoms with Gasteiger partial charge < -0.3 is 4.74 Å². The van der Waals surface area contributed by atoms with Gasteiger partial charge in [0.2, 0.25) is 0 Å². The maximum atomic E-state index is 11.3. The van der Waals surface area contributed by atoms with E-state index in [9.17, 15) is 4.79 Å². The zero-order valence-corrected chi connectivity index (χ0v) is 8.43. The maximum Gasteiger partial charge on any atom is 0.331 e. The molecule has 4 heteroatoms. The van der Waals surface area contributed by atoms with Gasteiger partial charge in [0.05, 0.1) is 12.3 Å². The minimum atomic E-state index is -0.206. The summed E-state index contributed by atoms with van der Waals surface area (Å²) in [5.41, 5.74) is 1.02. The lowest BCUT2D eigenvalue weighted by Crippen LogP contribution is -2.15. The third kappa shape index (κ3) is 1.52. The van der Waals surface area contributed by atoms with Crippen LogP contribution in [0.2, 0.25) is 0 Å². The van der Waals surface area contributed by atoms with E-state index in [0.29, 0.717) is 12.5 Å². The molecular formula is C10H14N2O2. The first-order chi connectivity index (χ1) is 6.68. The molecule has 1 fully saturated rings. The SMILES string of the molecule is CC(C)c1ccn(C2CCOC2=O)n1. The monoisotopic (exact) mass is 194 g/mol. The molecule has 0 spiro atoms. The maximum absolute atomic E-state index is 11.3. The number of hydrogen-bond donors (Lipinski definition) is 0. The number of hydrogen-bond acceptors (Lipinski definition) is 3. The Labute approximate surface area is 82.9 Å². The molecule has 0 N–H and O–H groups in total. The summed E-state index contributed by atoms with van der Waals surface area (Å²) in [7, 11) is 0. The Balaban J connectivity index is 2.20. The van der Waals surface area contributed by atoms with Gasteiger partial charge in [-0.25, -0.2) is 4.79 Å². The van der Waals surface area contributed by atoms with Gasteiger partial charge >= 0.3 is 5.97 Å². The summed E-state index contributed by atoms with van der Waals surface area (Å²) in [5, 5.41) is 4.36. The minimum Gasteiger partial charge on any atom is -0.464 e. The Morgan fingerprint density at radius 1 is 1.64 bits per heavy atom. The molecular weight excluding hydrogens is 180 g/mol. The van der Waals surface area contributed by atoms with E-state index in [-0.39, 0.29) is 12.0 Å². The van der Waals surface area contributed by atoms with Gasteiger partial charge in [-0.05, 0) is 12.0 Å².